The highest BCUT2D eigenvalue weighted by Crippen LogP contribution is 2.20. The SMILES string of the molecule is CC1CCCC(C)N1NC(=O)CCBr. The molecule has 1 amide bonds. The first-order chi connectivity index (χ1) is 6.65. The molecule has 3 nitrogen and oxygen atoms in total. The third kappa shape index (κ3) is 3.24. The molecular weight excluding hydrogens is 244 g/mol. The zero-order valence-corrected chi connectivity index (χ0v) is 10.5. The van der Waals surface area contributed by atoms with Crippen molar-refractivity contribution in [1.29, 1.82) is 0 Å². The van der Waals surface area contributed by atoms with E-state index in [0.29, 0.717) is 18.5 Å². The van der Waals surface area contributed by atoms with Gasteiger partial charge in [0.05, 0.1) is 0 Å². The summed E-state index contributed by atoms with van der Waals surface area (Å²) in [4.78, 5) is 11.4. The number of piperidine rings is 1. The minimum absolute atomic E-state index is 0.113. The van der Waals surface area contributed by atoms with Gasteiger partial charge in [0, 0.05) is 23.8 Å². The lowest BCUT2D eigenvalue weighted by atomic mass is 10.00. The van der Waals surface area contributed by atoms with Gasteiger partial charge >= 0.3 is 0 Å². The van der Waals surface area contributed by atoms with Crippen LogP contribution >= 0.6 is 15.9 Å². The van der Waals surface area contributed by atoms with Gasteiger partial charge in [-0.05, 0) is 26.7 Å². The molecule has 0 aromatic carbocycles. The first-order valence-corrected chi connectivity index (χ1v) is 6.41. The number of alkyl halides is 1. The molecule has 1 fully saturated rings. The quantitative estimate of drug-likeness (QED) is 0.790. The number of amides is 1. The Hall–Kier alpha value is -0.0900. The lowest BCUT2D eigenvalue weighted by Gasteiger charge is -2.38. The fourth-order valence-corrected chi connectivity index (χ4v) is 2.29. The van der Waals surface area contributed by atoms with Crippen LogP contribution in [0.3, 0.4) is 0 Å². The molecule has 2 unspecified atom stereocenters. The molecule has 1 heterocycles. The molecule has 1 saturated heterocycles. The number of halogens is 1. The molecule has 0 saturated carbocycles. The van der Waals surface area contributed by atoms with Crippen LogP contribution in [0.25, 0.3) is 0 Å². The van der Waals surface area contributed by atoms with E-state index < -0.39 is 0 Å². The summed E-state index contributed by atoms with van der Waals surface area (Å²) in [6.07, 6.45) is 4.18. The monoisotopic (exact) mass is 262 g/mol. The first-order valence-electron chi connectivity index (χ1n) is 5.29. The van der Waals surface area contributed by atoms with E-state index in [1.54, 1.807) is 0 Å². The van der Waals surface area contributed by atoms with Gasteiger partial charge in [-0.25, -0.2) is 5.01 Å². The molecule has 0 aromatic rings. The van der Waals surface area contributed by atoms with Crippen LogP contribution in [-0.4, -0.2) is 28.3 Å². The van der Waals surface area contributed by atoms with Crippen LogP contribution in [0.2, 0.25) is 0 Å². The lowest BCUT2D eigenvalue weighted by Crippen LogP contribution is -2.54. The summed E-state index contributed by atoms with van der Waals surface area (Å²) in [6.45, 7) is 4.34. The fourth-order valence-electron chi connectivity index (χ4n) is 1.93. The van der Waals surface area contributed by atoms with Crippen molar-refractivity contribution < 1.29 is 4.79 Å². The van der Waals surface area contributed by atoms with Crippen LogP contribution in [0.5, 0.6) is 0 Å². The van der Waals surface area contributed by atoms with Gasteiger partial charge in [0.25, 0.3) is 0 Å². The van der Waals surface area contributed by atoms with Crippen molar-refractivity contribution in [2.45, 2.75) is 51.6 Å². The van der Waals surface area contributed by atoms with Gasteiger partial charge in [-0.3, -0.25) is 10.2 Å². The second-order valence-electron chi connectivity index (χ2n) is 4.01. The fraction of sp³-hybridized carbons (Fsp3) is 0.900. The van der Waals surface area contributed by atoms with Crippen LogP contribution in [0.4, 0.5) is 0 Å². The third-order valence-corrected chi connectivity index (χ3v) is 3.17. The Kier molecular flexibility index (Phi) is 4.89. The highest BCUT2D eigenvalue weighted by atomic mass is 79.9. The predicted molar refractivity (Wildman–Crippen MR) is 61.2 cm³/mol. The van der Waals surface area contributed by atoms with Crippen LogP contribution < -0.4 is 5.43 Å². The van der Waals surface area contributed by atoms with E-state index in [2.05, 4.69) is 40.2 Å². The van der Waals surface area contributed by atoms with Crippen LogP contribution in [0, 0.1) is 0 Å². The number of hydrogen-bond acceptors (Lipinski definition) is 2. The number of hydrogen-bond donors (Lipinski definition) is 1. The Morgan fingerprint density at radius 2 is 2.00 bits per heavy atom. The molecular formula is C10H19BrN2O. The second kappa shape index (κ2) is 5.71. The second-order valence-corrected chi connectivity index (χ2v) is 4.80. The van der Waals surface area contributed by atoms with Crippen molar-refractivity contribution in [3.63, 3.8) is 0 Å². The summed E-state index contributed by atoms with van der Waals surface area (Å²) in [7, 11) is 0. The first kappa shape index (κ1) is 12.0. The molecule has 0 aliphatic carbocycles. The average molecular weight is 263 g/mol. The Bertz CT molecular complexity index is 189. The highest BCUT2D eigenvalue weighted by molar-refractivity contribution is 9.09. The summed E-state index contributed by atoms with van der Waals surface area (Å²) in [6, 6.07) is 0.941. The summed E-state index contributed by atoms with van der Waals surface area (Å²) >= 11 is 3.27. The van der Waals surface area contributed by atoms with E-state index in [1.807, 2.05) is 0 Å². The van der Waals surface area contributed by atoms with E-state index >= 15 is 0 Å². The van der Waals surface area contributed by atoms with Crippen molar-refractivity contribution in [3.8, 4) is 0 Å². The van der Waals surface area contributed by atoms with Crippen molar-refractivity contribution in [1.82, 2.24) is 10.4 Å². The van der Waals surface area contributed by atoms with Gasteiger partial charge in [-0.15, -0.1) is 0 Å². The average Bonchev–Trinajstić information content (AvgIpc) is 2.12. The normalized spacial score (nSPS) is 28.8. The van der Waals surface area contributed by atoms with Crippen molar-refractivity contribution in [2.24, 2.45) is 0 Å². The zero-order chi connectivity index (χ0) is 10.6. The van der Waals surface area contributed by atoms with Gasteiger partial charge in [0.15, 0.2) is 0 Å². The lowest BCUT2D eigenvalue weighted by molar-refractivity contribution is -0.128. The van der Waals surface area contributed by atoms with Crippen LogP contribution in [0.15, 0.2) is 0 Å². The Balaban J connectivity index is 2.43. The summed E-state index contributed by atoms with van der Waals surface area (Å²) in [5.41, 5.74) is 2.98. The van der Waals surface area contributed by atoms with E-state index in [4.69, 9.17) is 0 Å². The molecule has 1 aliphatic rings. The molecule has 0 bridgehead atoms. The molecule has 1 N–H and O–H groups in total. The standard InChI is InChI=1S/C10H19BrN2O/c1-8-4-3-5-9(2)13(8)12-10(14)6-7-11/h8-9H,3-7H2,1-2H3,(H,12,14). The predicted octanol–water partition coefficient (Wildman–Crippen LogP) is 2.07. The molecule has 0 radical (unpaired) electrons. The van der Waals surface area contributed by atoms with Crippen molar-refractivity contribution >= 4 is 21.8 Å². The van der Waals surface area contributed by atoms with E-state index in [1.165, 1.54) is 19.3 Å². The molecule has 0 aromatic heterocycles. The Morgan fingerprint density at radius 3 is 2.50 bits per heavy atom. The van der Waals surface area contributed by atoms with Gasteiger partial charge in [-0.1, -0.05) is 22.4 Å². The maximum atomic E-state index is 11.4. The maximum Gasteiger partial charge on any atom is 0.235 e. The largest absolute Gasteiger partial charge is 0.288 e. The third-order valence-electron chi connectivity index (χ3n) is 2.77. The van der Waals surface area contributed by atoms with Crippen molar-refractivity contribution in [3.05, 3.63) is 0 Å². The van der Waals surface area contributed by atoms with Gasteiger partial charge < -0.3 is 0 Å². The van der Waals surface area contributed by atoms with E-state index in [9.17, 15) is 4.79 Å². The molecule has 1 rings (SSSR count). The summed E-state index contributed by atoms with van der Waals surface area (Å²) < 4.78 is 0. The molecule has 82 valence electrons. The van der Waals surface area contributed by atoms with Crippen molar-refractivity contribution in [2.75, 3.05) is 5.33 Å². The van der Waals surface area contributed by atoms with Gasteiger partial charge in [0.1, 0.15) is 0 Å². The minimum atomic E-state index is 0.113. The molecule has 0 spiro atoms. The zero-order valence-electron chi connectivity index (χ0n) is 8.92. The number of nitrogens with one attached hydrogen (secondary N) is 1. The van der Waals surface area contributed by atoms with Crippen LogP contribution in [-0.2, 0) is 4.79 Å². The van der Waals surface area contributed by atoms with Gasteiger partial charge in [0.2, 0.25) is 5.91 Å². The topological polar surface area (TPSA) is 32.3 Å². The Labute approximate surface area is 94.3 Å². The molecule has 2 atom stereocenters. The number of rotatable bonds is 3. The van der Waals surface area contributed by atoms with Crippen LogP contribution in [0.1, 0.15) is 39.5 Å². The smallest absolute Gasteiger partial charge is 0.235 e. The maximum absolute atomic E-state index is 11.4. The number of carbonyl (C=O) groups is 1. The van der Waals surface area contributed by atoms with E-state index in [-0.39, 0.29) is 5.91 Å². The summed E-state index contributed by atoms with van der Waals surface area (Å²) in [5.74, 6) is 0.113. The van der Waals surface area contributed by atoms with E-state index in [0.717, 1.165) is 5.33 Å². The summed E-state index contributed by atoms with van der Waals surface area (Å²) in [5, 5.41) is 2.84. The molecule has 4 heteroatoms. The Morgan fingerprint density at radius 1 is 1.43 bits per heavy atom. The molecule has 1 aliphatic heterocycles. The number of carbonyl (C=O) groups excluding carboxylic acids is 1. The number of hydrazine groups is 1. The van der Waals surface area contributed by atoms with Gasteiger partial charge in [-0.2, -0.15) is 0 Å². The molecule has 14 heavy (non-hydrogen) atoms. The minimum Gasteiger partial charge on any atom is -0.288 e. The highest BCUT2D eigenvalue weighted by Gasteiger charge is 2.25. The number of nitrogens with zero attached hydrogens (tertiary/aromatic N) is 1.